The molecule has 6 nitrogen and oxygen atoms in total. The number of halogens is 1. The number of ether oxygens (including phenoxy) is 1. The summed E-state index contributed by atoms with van der Waals surface area (Å²) < 4.78 is 7.62. The summed E-state index contributed by atoms with van der Waals surface area (Å²) >= 11 is 0. The number of nitrogens with zero attached hydrogens (tertiary/aromatic N) is 2. The summed E-state index contributed by atoms with van der Waals surface area (Å²) in [5, 5.41) is 10.7. The molecular weight excluding hydrogens is 352 g/mol. The Hall–Kier alpha value is -2.05. The van der Waals surface area contributed by atoms with Crippen LogP contribution in [0.1, 0.15) is 48.8 Å². The number of carbonyl (C=O) groups is 1. The molecule has 0 saturated carbocycles. The molecule has 1 aliphatic rings. The topological polar surface area (TPSA) is 68.2 Å². The van der Waals surface area contributed by atoms with Crippen LogP contribution in [0.2, 0.25) is 0 Å². The molecule has 1 saturated heterocycles. The van der Waals surface area contributed by atoms with Gasteiger partial charge in [0.1, 0.15) is 5.75 Å². The van der Waals surface area contributed by atoms with Crippen LogP contribution < -0.4 is 15.4 Å². The summed E-state index contributed by atoms with van der Waals surface area (Å²) in [5.74, 6) is 0.640. The number of rotatable bonds is 5. The lowest BCUT2D eigenvalue weighted by molar-refractivity contribution is 0.102. The minimum atomic E-state index is -0.195. The third kappa shape index (κ3) is 4.99. The molecule has 1 fully saturated rings. The van der Waals surface area contributed by atoms with Crippen LogP contribution in [-0.4, -0.2) is 34.9 Å². The van der Waals surface area contributed by atoms with Gasteiger partial charge in [0.2, 0.25) is 0 Å². The van der Waals surface area contributed by atoms with Gasteiger partial charge in [0, 0.05) is 18.4 Å². The molecule has 1 aliphatic heterocycles. The molecule has 7 heteroatoms. The number of nitrogens with one attached hydrogen (secondary N) is 2. The van der Waals surface area contributed by atoms with Crippen LogP contribution in [0.3, 0.4) is 0 Å². The van der Waals surface area contributed by atoms with Crippen molar-refractivity contribution >= 4 is 24.0 Å². The summed E-state index contributed by atoms with van der Waals surface area (Å²) in [7, 11) is 0. The van der Waals surface area contributed by atoms with E-state index < -0.39 is 0 Å². The SMILES string of the molecule is Cc1cc(NC(=O)c2ccn(C3CCCNC3)n2)ccc1OC(C)C.Cl. The molecule has 1 aromatic heterocycles. The molecular formula is C19H27ClN4O2. The third-order valence-electron chi connectivity index (χ3n) is 4.28. The summed E-state index contributed by atoms with van der Waals surface area (Å²) in [6.07, 6.45) is 4.23. The van der Waals surface area contributed by atoms with Crippen molar-refractivity contribution < 1.29 is 9.53 Å². The maximum Gasteiger partial charge on any atom is 0.276 e. The number of aryl methyl sites for hydroxylation is 1. The molecule has 0 spiro atoms. The molecule has 1 aromatic carbocycles. The predicted molar refractivity (Wildman–Crippen MR) is 106 cm³/mol. The maximum absolute atomic E-state index is 12.5. The van der Waals surface area contributed by atoms with E-state index in [1.54, 1.807) is 6.07 Å². The molecule has 1 atom stereocenters. The number of benzene rings is 1. The molecule has 3 rings (SSSR count). The van der Waals surface area contributed by atoms with Crippen LogP contribution in [0, 0.1) is 6.92 Å². The lowest BCUT2D eigenvalue weighted by atomic mass is 10.1. The second kappa shape index (κ2) is 9.05. The van der Waals surface area contributed by atoms with Crippen LogP contribution in [0.25, 0.3) is 0 Å². The van der Waals surface area contributed by atoms with E-state index in [9.17, 15) is 4.79 Å². The Morgan fingerprint density at radius 3 is 2.85 bits per heavy atom. The van der Waals surface area contributed by atoms with Crippen molar-refractivity contribution in [3.05, 3.63) is 41.7 Å². The van der Waals surface area contributed by atoms with Crippen LogP contribution in [0.4, 0.5) is 5.69 Å². The second-order valence-electron chi connectivity index (χ2n) is 6.78. The molecule has 0 bridgehead atoms. The van der Waals surface area contributed by atoms with E-state index in [4.69, 9.17) is 4.74 Å². The van der Waals surface area contributed by atoms with Crippen molar-refractivity contribution in [2.24, 2.45) is 0 Å². The van der Waals surface area contributed by atoms with E-state index >= 15 is 0 Å². The molecule has 2 aromatic rings. The fourth-order valence-corrected chi connectivity index (χ4v) is 3.03. The van der Waals surface area contributed by atoms with Crippen molar-refractivity contribution in [1.29, 1.82) is 0 Å². The van der Waals surface area contributed by atoms with E-state index in [1.807, 2.05) is 49.8 Å². The van der Waals surface area contributed by atoms with Crippen molar-refractivity contribution in [3.8, 4) is 5.75 Å². The van der Waals surface area contributed by atoms with E-state index in [0.717, 1.165) is 42.9 Å². The van der Waals surface area contributed by atoms with Gasteiger partial charge in [-0.25, -0.2) is 0 Å². The first-order valence-electron chi connectivity index (χ1n) is 8.87. The lowest BCUT2D eigenvalue weighted by Gasteiger charge is -2.22. The minimum Gasteiger partial charge on any atom is -0.491 e. The quantitative estimate of drug-likeness (QED) is 0.834. The molecule has 2 N–H and O–H groups in total. The van der Waals surface area contributed by atoms with Crippen LogP contribution in [-0.2, 0) is 0 Å². The average Bonchev–Trinajstić information content (AvgIpc) is 3.08. The van der Waals surface area contributed by atoms with E-state index in [1.165, 1.54) is 0 Å². The van der Waals surface area contributed by atoms with Gasteiger partial charge in [-0.3, -0.25) is 9.48 Å². The smallest absolute Gasteiger partial charge is 0.276 e. The van der Waals surface area contributed by atoms with Crippen LogP contribution >= 0.6 is 12.4 Å². The van der Waals surface area contributed by atoms with Gasteiger partial charge in [0.05, 0.1) is 12.1 Å². The van der Waals surface area contributed by atoms with Gasteiger partial charge in [-0.15, -0.1) is 12.4 Å². The highest BCUT2D eigenvalue weighted by atomic mass is 35.5. The Labute approximate surface area is 160 Å². The largest absolute Gasteiger partial charge is 0.491 e. The number of hydrogen-bond acceptors (Lipinski definition) is 4. The van der Waals surface area contributed by atoms with Gasteiger partial charge in [-0.1, -0.05) is 0 Å². The summed E-state index contributed by atoms with van der Waals surface area (Å²) in [5.41, 5.74) is 2.17. The molecule has 2 heterocycles. The molecule has 0 radical (unpaired) electrons. The Morgan fingerprint density at radius 2 is 2.19 bits per heavy atom. The van der Waals surface area contributed by atoms with Gasteiger partial charge in [0.15, 0.2) is 5.69 Å². The fraction of sp³-hybridized carbons (Fsp3) is 0.474. The zero-order valence-electron chi connectivity index (χ0n) is 15.5. The molecule has 0 aliphatic carbocycles. The van der Waals surface area contributed by atoms with Crippen molar-refractivity contribution in [1.82, 2.24) is 15.1 Å². The van der Waals surface area contributed by atoms with Gasteiger partial charge in [-0.2, -0.15) is 5.10 Å². The van der Waals surface area contributed by atoms with E-state index in [-0.39, 0.29) is 24.4 Å². The normalized spacial score (nSPS) is 16.8. The van der Waals surface area contributed by atoms with E-state index in [2.05, 4.69) is 15.7 Å². The summed E-state index contributed by atoms with van der Waals surface area (Å²) in [6.45, 7) is 7.92. The number of piperidine rings is 1. The maximum atomic E-state index is 12.5. The first-order chi connectivity index (χ1) is 12.0. The van der Waals surface area contributed by atoms with Gasteiger partial charge >= 0.3 is 0 Å². The standard InChI is InChI=1S/C19H26N4O2.ClH/c1-13(2)25-18-7-6-15(11-14(18)3)21-19(24)17-8-10-23(22-17)16-5-4-9-20-12-16;/h6-8,10-11,13,16,20H,4-5,9,12H2,1-3H3,(H,21,24);1H. The van der Waals surface area contributed by atoms with Crippen LogP contribution in [0.15, 0.2) is 30.5 Å². The molecule has 1 amide bonds. The van der Waals surface area contributed by atoms with Crippen molar-refractivity contribution in [2.45, 2.75) is 45.8 Å². The zero-order valence-corrected chi connectivity index (χ0v) is 16.3. The van der Waals surface area contributed by atoms with Crippen LogP contribution in [0.5, 0.6) is 5.75 Å². The zero-order chi connectivity index (χ0) is 17.8. The fourth-order valence-electron chi connectivity index (χ4n) is 3.03. The number of aromatic nitrogens is 2. The first kappa shape index (κ1) is 20.3. The monoisotopic (exact) mass is 378 g/mol. The van der Waals surface area contributed by atoms with E-state index in [0.29, 0.717) is 11.7 Å². The van der Waals surface area contributed by atoms with Gasteiger partial charge in [-0.05, 0) is 70.0 Å². The highest BCUT2D eigenvalue weighted by molar-refractivity contribution is 6.02. The lowest BCUT2D eigenvalue weighted by Crippen LogP contribution is -2.32. The van der Waals surface area contributed by atoms with Crippen molar-refractivity contribution in [2.75, 3.05) is 18.4 Å². The summed E-state index contributed by atoms with van der Waals surface area (Å²) in [4.78, 5) is 12.5. The Balaban J connectivity index is 0.00000243. The molecule has 142 valence electrons. The molecule has 1 unspecified atom stereocenters. The van der Waals surface area contributed by atoms with Gasteiger partial charge < -0.3 is 15.4 Å². The minimum absolute atomic E-state index is 0. The number of amides is 1. The Kier molecular flexibility index (Phi) is 7.06. The number of carbonyl (C=O) groups excluding carboxylic acids is 1. The Bertz CT molecular complexity index is 739. The predicted octanol–water partition coefficient (Wildman–Crippen LogP) is 3.58. The highest BCUT2D eigenvalue weighted by Crippen LogP contribution is 2.23. The van der Waals surface area contributed by atoms with Gasteiger partial charge in [0.25, 0.3) is 5.91 Å². The summed E-state index contributed by atoms with van der Waals surface area (Å²) in [6, 6.07) is 7.75. The number of hydrogen-bond donors (Lipinski definition) is 2. The Morgan fingerprint density at radius 1 is 1.38 bits per heavy atom. The van der Waals surface area contributed by atoms with Crippen molar-refractivity contribution in [3.63, 3.8) is 0 Å². The third-order valence-corrected chi connectivity index (χ3v) is 4.28. The number of anilines is 1. The molecule has 26 heavy (non-hydrogen) atoms. The first-order valence-corrected chi connectivity index (χ1v) is 8.87. The second-order valence-corrected chi connectivity index (χ2v) is 6.78. The average molecular weight is 379 g/mol. The highest BCUT2D eigenvalue weighted by Gasteiger charge is 2.18.